The van der Waals surface area contributed by atoms with Crippen LogP contribution >= 0.6 is 0 Å². The second kappa shape index (κ2) is 37.1. The van der Waals surface area contributed by atoms with Crippen molar-refractivity contribution in [1.29, 1.82) is 0 Å². The van der Waals surface area contributed by atoms with E-state index in [4.69, 9.17) is 18.8 Å². The summed E-state index contributed by atoms with van der Waals surface area (Å²) in [5.74, 6) is 3.51. The van der Waals surface area contributed by atoms with Crippen molar-refractivity contribution in [2.24, 2.45) is 64.6 Å². The van der Waals surface area contributed by atoms with Crippen LogP contribution < -0.4 is 16.0 Å². The number of pyridine rings is 4. The number of aryl methyl sites for hydroxylation is 2. The summed E-state index contributed by atoms with van der Waals surface area (Å²) >= 11 is 0. The summed E-state index contributed by atoms with van der Waals surface area (Å²) in [6, 6.07) is 38.1. The number of H-pyrrole nitrogens is 4. The van der Waals surface area contributed by atoms with Gasteiger partial charge in [-0.3, -0.25) is 0 Å². The Morgan fingerprint density at radius 2 is 0.739 bits per heavy atom. The van der Waals surface area contributed by atoms with Crippen LogP contribution in [0.5, 0.6) is 0 Å². The summed E-state index contributed by atoms with van der Waals surface area (Å²) in [6.45, 7) is 19.3. The minimum Gasteiger partial charge on any atom is -0.463 e. The average Bonchev–Trinajstić information content (AvgIpc) is 1.50. The maximum Gasteiger partial charge on any atom is 0.191 e. The van der Waals surface area contributed by atoms with E-state index in [2.05, 4.69) is 134 Å². The molecule has 704 valence electrons. The van der Waals surface area contributed by atoms with Crippen LogP contribution in [0.15, 0.2) is 192 Å². The quantitative estimate of drug-likeness (QED) is 0.0417. The largest absolute Gasteiger partial charge is 0.463 e. The molecule has 18 aromatic rings. The molecule has 6 bridgehead atoms. The number of aromatic nitrogens is 16. The summed E-state index contributed by atoms with van der Waals surface area (Å²) in [4.78, 5) is 65.6. The molecule has 0 spiro atoms. The Bertz CT molecular complexity index is 7360. The normalized spacial score (nSPS) is 21.2. The molecular weight excluding hydrogens is 1760 g/mol. The van der Waals surface area contributed by atoms with Crippen LogP contribution in [-0.4, -0.2) is 97.9 Å². The van der Waals surface area contributed by atoms with Gasteiger partial charge >= 0.3 is 0 Å². The fraction of sp³-hybridized carbons (Fsp3) is 0.339. The van der Waals surface area contributed by atoms with Crippen LogP contribution in [-0.2, 0) is 6.42 Å². The van der Waals surface area contributed by atoms with Gasteiger partial charge in [0.2, 0.25) is 0 Å². The van der Waals surface area contributed by atoms with Gasteiger partial charge in [-0.25, -0.2) is 94.9 Å². The van der Waals surface area contributed by atoms with Crippen molar-refractivity contribution in [3.05, 3.63) is 247 Å². The Balaban J connectivity index is 0.000000110. The molecule has 4 aromatic carbocycles. The highest BCUT2D eigenvalue weighted by Crippen LogP contribution is 2.51. The highest BCUT2D eigenvalue weighted by Gasteiger charge is 2.46. The number of aromatic amines is 4. The lowest BCUT2D eigenvalue weighted by atomic mass is 9.62. The minimum absolute atomic E-state index is 0.00895. The zero-order valence-corrected chi connectivity index (χ0v) is 77.9. The maximum atomic E-state index is 16.6. The van der Waals surface area contributed by atoms with Crippen LogP contribution in [0.25, 0.3) is 157 Å². The van der Waals surface area contributed by atoms with E-state index in [1.165, 1.54) is 107 Å². The van der Waals surface area contributed by atoms with Crippen LogP contribution in [0.2, 0.25) is 0 Å². The lowest BCUT2D eigenvalue weighted by Gasteiger charge is -2.47. The zero-order chi connectivity index (χ0) is 95.2. The molecule has 29 heteroatoms. The number of halogens is 8. The van der Waals surface area contributed by atoms with Crippen LogP contribution in [0.4, 0.5) is 52.6 Å². The van der Waals surface area contributed by atoms with Gasteiger partial charge in [-0.05, 0) is 210 Å². The van der Waals surface area contributed by atoms with Gasteiger partial charge in [0.05, 0.1) is 36.7 Å². The molecule has 27 rings (SSSR count). The van der Waals surface area contributed by atoms with Crippen LogP contribution in [0, 0.1) is 125 Å². The van der Waals surface area contributed by atoms with E-state index in [1.54, 1.807) is 36.9 Å². The third kappa shape index (κ3) is 17.4. The molecule has 0 saturated heterocycles. The predicted molar refractivity (Wildman–Crippen MR) is 522 cm³/mol. The van der Waals surface area contributed by atoms with Crippen LogP contribution in [0.3, 0.4) is 0 Å². The van der Waals surface area contributed by atoms with Crippen molar-refractivity contribution in [3.63, 3.8) is 0 Å². The smallest absolute Gasteiger partial charge is 0.191 e. The number of nitrogens with one attached hydrogen (secondary N) is 7. The second-order valence-electron chi connectivity index (χ2n) is 39.6. The number of para-hydroxylation sites is 2. The van der Waals surface area contributed by atoms with Gasteiger partial charge in [0.1, 0.15) is 79.8 Å². The number of rotatable bonds is 17. The first kappa shape index (κ1) is 90.4. The molecule has 0 aliphatic heterocycles. The van der Waals surface area contributed by atoms with Crippen LogP contribution in [0.1, 0.15) is 149 Å². The van der Waals surface area contributed by atoms with Gasteiger partial charge < -0.3 is 44.7 Å². The minimum atomic E-state index is -0.519. The molecule has 14 aromatic heterocycles. The van der Waals surface area contributed by atoms with Gasteiger partial charge in [-0.1, -0.05) is 145 Å². The van der Waals surface area contributed by atoms with Crippen molar-refractivity contribution >= 4 is 83.5 Å². The molecular formula is C109H105F8N19O2. The molecule has 7 N–H and O–H groups in total. The Hall–Kier alpha value is -14.1. The van der Waals surface area contributed by atoms with E-state index in [0.29, 0.717) is 183 Å². The number of anilines is 3. The van der Waals surface area contributed by atoms with E-state index in [1.807, 2.05) is 105 Å². The molecule has 14 heterocycles. The SMILES string of the molecule is CC1C2CCC(CC2)C1Nc1nc(-c2c[nH]c3ncc(F)cc23)nc(-c2cccc3c2oc2ccccc23)c1F.CC[C@@H](Cc1nc(-c2c[nH]c3ncc(F)cc23)nc(-c2ccco2)c1F)C(C)(C)C.Cc1ccc(-c2nc(-c3c[nH]c4ncc(F)cc34)nc(NC3C4CCC(CC4)C3C)c2F)cc1.Cc1ccc(-c2nc(-c3c[nH]c4ncc(F)cc34)nc(NC3C4CCC(CC4)C3C)c2F)cc1. The monoisotopic (exact) mass is 1860 g/mol. The standard InChI is InChI=1S/C32H27F2N5O.2C27H27F2N5.C23H24F2N4O/c1-16-17-9-11-18(12-10-17)27(16)37-32-26(34)28(22-7-4-6-21-20-5-2-3-8-25(20)40-29(21)22)38-31(39-32)24-15-36-30-23(24)13-19(33)14-35-30;2*1-14-3-5-18(6-4-14)24-22(29)27(32-23-15(2)16-7-9-17(23)10-8-16)34-26(33-24)21-13-31-25-20(21)11-19(28)12-30-25;1-5-13(23(2,3)4)9-17-19(25)20(18-7-6-8-30-18)29-22(28-17)16-12-27-21-15(16)10-14(24)11-26-21/h2-8,13-18,27H,9-12H2,1H3,(H,35,36)(H,37,38,39);2*3-6,11-13,15-17,23H,7-10H2,1-2H3,(H,30,31)(H,32,33,34);6-8,10-13H,5,9H2,1-4H3,(H,26,27)/t;;;13-/m...0/s1. The fourth-order valence-corrected chi connectivity index (χ4v) is 22.7. The van der Waals surface area contributed by atoms with Crippen molar-refractivity contribution < 1.29 is 44.0 Å². The lowest BCUT2D eigenvalue weighted by Crippen LogP contribution is -2.47. The first-order valence-corrected chi connectivity index (χ1v) is 48.0. The predicted octanol–water partition coefficient (Wildman–Crippen LogP) is 27.3. The number of furan rings is 2. The second-order valence-corrected chi connectivity index (χ2v) is 39.6. The van der Waals surface area contributed by atoms with Crippen molar-refractivity contribution in [2.75, 3.05) is 16.0 Å². The van der Waals surface area contributed by atoms with Crippen molar-refractivity contribution in [1.82, 2.24) is 79.7 Å². The molecule has 6 unspecified atom stereocenters. The first-order valence-electron chi connectivity index (χ1n) is 48.0. The van der Waals surface area contributed by atoms with E-state index < -0.39 is 46.5 Å². The summed E-state index contributed by atoms with van der Waals surface area (Å²) < 4.78 is 131. The van der Waals surface area contributed by atoms with Gasteiger partial charge in [0.15, 0.2) is 69.8 Å². The van der Waals surface area contributed by atoms with E-state index >= 15 is 17.6 Å². The van der Waals surface area contributed by atoms with Gasteiger partial charge in [-0.15, -0.1) is 0 Å². The number of nitrogens with zero attached hydrogens (tertiary/aromatic N) is 12. The van der Waals surface area contributed by atoms with Crippen molar-refractivity contribution in [3.8, 4) is 90.8 Å². The average molecular weight is 1870 g/mol. The molecule has 9 aliphatic rings. The summed E-state index contributed by atoms with van der Waals surface area (Å²) in [7, 11) is 0. The molecule has 0 amide bonds. The molecule has 7 atom stereocenters. The van der Waals surface area contributed by atoms with Gasteiger partial charge in [0, 0.05) is 114 Å². The Kier molecular flexibility index (Phi) is 24.3. The number of benzene rings is 4. The third-order valence-corrected chi connectivity index (χ3v) is 30.5. The molecule has 9 saturated carbocycles. The first-order chi connectivity index (χ1) is 66.8. The van der Waals surface area contributed by atoms with Gasteiger partial charge in [-0.2, -0.15) is 0 Å². The van der Waals surface area contributed by atoms with E-state index in [-0.39, 0.29) is 69.7 Å². The highest BCUT2D eigenvalue weighted by atomic mass is 19.2. The lowest BCUT2D eigenvalue weighted by molar-refractivity contribution is 0.0926. The Morgan fingerprint density at radius 3 is 1.12 bits per heavy atom. The Labute approximate surface area is 791 Å². The van der Waals surface area contributed by atoms with Crippen molar-refractivity contribution in [2.45, 2.75) is 170 Å². The van der Waals surface area contributed by atoms with E-state index in [0.717, 1.165) is 59.1 Å². The highest BCUT2D eigenvalue weighted by molar-refractivity contribution is 6.09. The zero-order valence-electron chi connectivity index (χ0n) is 77.9. The summed E-state index contributed by atoms with van der Waals surface area (Å²) in [6.07, 6.45) is 28.7. The molecule has 138 heavy (non-hydrogen) atoms. The number of fused-ring (bicyclic) bond motifs is 16. The summed E-state index contributed by atoms with van der Waals surface area (Å²) in [5.41, 5.74) is 10.8. The van der Waals surface area contributed by atoms with Gasteiger partial charge in [0.25, 0.3) is 0 Å². The molecule has 9 aliphatic carbocycles. The van der Waals surface area contributed by atoms with E-state index in [9.17, 15) is 17.6 Å². The Morgan fingerprint density at radius 1 is 0.377 bits per heavy atom. The number of hydrogen-bond acceptors (Lipinski definition) is 17. The third-order valence-electron chi connectivity index (χ3n) is 30.5. The molecule has 9 fully saturated rings. The maximum absolute atomic E-state index is 16.6. The number of hydrogen-bond donors (Lipinski definition) is 7. The fourth-order valence-electron chi connectivity index (χ4n) is 22.7. The topological polar surface area (TPSA) is 280 Å². The molecule has 21 nitrogen and oxygen atoms in total. The summed E-state index contributed by atoms with van der Waals surface area (Å²) in [5, 5.41) is 14.6. The molecule has 0 radical (unpaired) electrons.